The summed E-state index contributed by atoms with van der Waals surface area (Å²) in [5.41, 5.74) is 0.499. The van der Waals surface area contributed by atoms with E-state index in [1.54, 1.807) is 0 Å². The Morgan fingerprint density at radius 1 is 1.33 bits per heavy atom. The van der Waals surface area contributed by atoms with Gasteiger partial charge in [-0.15, -0.1) is 0 Å². The van der Waals surface area contributed by atoms with Crippen LogP contribution in [-0.4, -0.2) is 51.3 Å². The maximum Gasteiger partial charge on any atom is 0.193 e. The lowest BCUT2D eigenvalue weighted by molar-refractivity contribution is 0.115. The molecule has 0 unspecified atom stereocenters. The van der Waals surface area contributed by atoms with Crippen LogP contribution in [0.5, 0.6) is 0 Å². The summed E-state index contributed by atoms with van der Waals surface area (Å²) in [6, 6.07) is 0. The number of guanidine groups is 1. The van der Waals surface area contributed by atoms with Crippen molar-refractivity contribution in [2.75, 3.05) is 40.4 Å². The summed E-state index contributed by atoms with van der Waals surface area (Å²) in [4.78, 5) is 6.60. The molecule has 2 aliphatic rings. The van der Waals surface area contributed by atoms with E-state index in [0.29, 0.717) is 5.41 Å². The number of nitrogens with zero attached hydrogens (tertiary/aromatic N) is 2. The molecule has 4 heteroatoms. The van der Waals surface area contributed by atoms with E-state index in [1.165, 1.54) is 44.9 Å². The molecule has 0 aromatic rings. The normalized spacial score (nSPS) is 21.6. The summed E-state index contributed by atoms with van der Waals surface area (Å²) >= 11 is 0. The maximum absolute atomic E-state index is 5.72. The monoisotopic (exact) mass is 295 g/mol. The smallest absolute Gasteiger partial charge is 0.193 e. The first-order valence-electron chi connectivity index (χ1n) is 8.68. The second-order valence-electron chi connectivity index (χ2n) is 6.90. The van der Waals surface area contributed by atoms with Gasteiger partial charge in [-0.3, -0.25) is 4.99 Å². The number of likely N-dealkylation sites (N-methyl/N-ethyl adjacent to an activating group) is 1. The van der Waals surface area contributed by atoms with Crippen LogP contribution in [0.1, 0.15) is 51.9 Å². The van der Waals surface area contributed by atoms with E-state index in [9.17, 15) is 0 Å². The molecule has 2 saturated carbocycles. The van der Waals surface area contributed by atoms with Crippen molar-refractivity contribution < 1.29 is 4.74 Å². The third kappa shape index (κ3) is 5.17. The summed E-state index contributed by atoms with van der Waals surface area (Å²) in [5, 5.41) is 3.59. The zero-order valence-electron chi connectivity index (χ0n) is 14.2. The molecular formula is C17H33N3O. The molecule has 1 N–H and O–H groups in total. The minimum absolute atomic E-state index is 0.499. The molecule has 0 saturated heterocycles. The van der Waals surface area contributed by atoms with Gasteiger partial charge in [-0.25, -0.2) is 0 Å². The fourth-order valence-corrected chi connectivity index (χ4v) is 3.27. The molecule has 0 aromatic heterocycles. The molecule has 0 aromatic carbocycles. The van der Waals surface area contributed by atoms with Crippen molar-refractivity contribution in [1.82, 2.24) is 10.2 Å². The molecule has 0 heterocycles. The standard InChI is InChI=1S/C17H33N3O/c1-4-17(9-5-6-10-17)14-19-16(18-2)20(3)11-12-21-13-15-7-8-15/h15H,4-14H2,1-3H3,(H,18,19). The average molecular weight is 295 g/mol. The van der Waals surface area contributed by atoms with Crippen molar-refractivity contribution in [3.63, 3.8) is 0 Å². The van der Waals surface area contributed by atoms with Crippen molar-refractivity contribution in [1.29, 1.82) is 0 Å². The number of aliphatic imine (C=N–C) groups is 1. The molecule has 0 aliphatic heterocycles. The van der Waals surface area contributed by atoms with Gasteiger partial charge in [0.1, 0.15) is 0 Å². The summed E-state index contributed by atoms with van der Waals surface area (Å²) in [7, 11) is 3.97. The van der Waals surface area contributed by atoms with Gasteiger partial charge in [0, 0.05) is 33.8 Å². The quantitative estimate of drug-likeness (QED) is 0.425. The van der Waals surface area contributed by atoms with Crippen molar-refractivity contribution in [2.24, 2.45) is 16.3 Å². The lowest BCUT2D eigenvalue weighted by Crippen LogP contribution is -2.44. The van der Waals surface area contributed by atoms with E-state index in [2.05, 4.69) is 29.2 Å². The van der Waals surface area contributed by atoms with E-state index in [1.807, 2.05) is 7.05 Å². The van der Waals surface area contributed by atoms with Gasteiger partial charge in [0.05, 0.1) is 6.61 Å². The van der Waals surface area contributed by atoms with E-state index in [0.717, 1.165) is 38.2 Å². The molecule has 0 radical (unpaired) electrons. The second-order valence-corrected chi connectivity index (χ2v) is 6.90. The fourth-order valence-electron chi connectivity index (χ4n) is 3.27. The van der Waals surface area contributed by atoms with Crippen LogP contribution in [0.4, 0.5) is 0 Å². The number of hydrogen-bond acceptors (Lipinski definition) is 2. The Morgan fingerprint density at radius 2 is 2.05 bits per heavy atom. The van der Waals surface area contributed by atoms with Gasteiger partial charge in [-0.05, 0) is 43.4 Å². The predicted octanol–water partition coefficient (Wildman–Crippen LogP) is 2.89. The zero-order valence-corrected chi connectivity index (χ0v) is 14.2. The molecule has 2 rings (SSSR count). The third-order valence-corrected chi connectivity index (χ3v) is 5.23. The SMILES string of the molecule is CCC1(CNC(=NC)N(C)CCOCC2CC2)CCCC1. The molecule has 122 valence electrons. The Kier molecular flexibility index (Phi) is 6.34. The lowest BCUT2D eigenvalue weighted by Gasteiger charge is -2.30. The van der Waals surface area contributed by atoms with Crippen molar-refractivity contribution in [3.8, 4) is 0 Å². The van der Waals surface area contributed by atoms with Crippen LogP contribution in [0, 0.1) is 11.3 Å². The van der Waals surface area contributed by atoms with Crippen LogP contribution in [0.3, 0.4) is 0 Å². The summed E-state index contributed by atoms with van der Waals surface area (Å²) < 4.78 is 5.72. The lowest BCUT2D eigenvalue weighted by atomic mass is 9.83. The van der Waals surface area contributed by atoms with Crippen LogP contribution in [0.15, 0.2) is 4.99 Å². The number of rotatable bonds is 8. The molecule has 0 atom stereocenters. The van der Waals surface area contributed by atoms with Crippen molar-refractivity contribution in [2.45, 2.75) is 51.9 Å². The maximum atomic E-state index is 5.72. The highest BCUT2D eigenvalue weighted by molar-refractivity contribution is 5.79. The number of hydrogen-bond donors (Lipinski definition) is 1. The molecular weight excluding hydrogens is 262 g/mol. The van der Waals surface area contributed by atoms with Gasteiger partial charge in [0.15, 0.2) is 5.96 Å². The van der Waals surface area contributed by atoms with Gasteiger partial charge in [0.2, 0.25) is 0 Å². The number of nitrogens with one attached hydrogen (secondary N) is 1. The largest absolute Gasteiger partial charge is 0.379 e. The topological polar surface area (TPSA) is 36.9 Å². The van der Waals surface area contributed by atoms with E-state index in [4.69, 9.17) is 4.74 Å². The molecule has 0 spiro atoms. The first-order valence-corrected chi connectivity index (χ1v) is 8.68. The minimum Gasteiger partial charge on any atom is -0.379 e. The summed E-state index contributed by atoms with van der Waals surface area (Å²) in [6.45, 7) is 6.03. The van der Waals surface area contributed by atoms with Gasteiger partial charge >= 0.3 is 0 Å². The molecule has 2 aliphatic carbocycles. The Labute approximate surface area is 130 Å². The molecule has 0 bridgehead atoms. The highest BCUT2D eigenvalue weighted by Gasteiger charge is 2.32. The van der Waals surface area contributed by atoms with Crippen LogP contribution >= 0.6 is 0 Å². The van der Waals surface area contributed by atoms with Crippen LogP contribution in [0.25, 0.3) is 0 Å². The van der Waals surface area contributed by atoms with Crippen LogP contribution in [0.2, 0.25) is 0 Å². The van der Waals surface area contributed by atoms with E-state index >= 15 is 0 Å². The Bertz CT molecular complexity index is 333. The molecule has 0 amide bonds. The highest BCUT2D eigenvalue weighted by atomic mass is 16.5. The number of ether oxygens (including phenoxy) is 1. The van der Waals surface area contributed by atoms with Gasteiger partial charge < -0.3 is 15.0 Å². The first-order chi connectivity index (χ1) is 10.2. The van der Waals surface area contributed by atoms with Crippen LogP contribution < -0.4 is 5.32 Å². The molecule has 21 heavy (non-hydrogen) atoms. The highest BCUT2D eigenvalue weighted by Crippen LogP contribution is 2.40. The third-order valence-electron chi connectivity index (χ3n) is 5.23. The Hall–Kier alpha value is -0.770. The average Bonchev–Trinajstić information content (AvgIpc) is 3.21. The Balaban J connectivity index is 1.68. The minimum atomic E-state index is 0.499. The van der Waals surface area contributed by atoms with Gasteiger partial charge in [-0.1, -0.05) is 19.8 Å². The van der Waals surface area contributed by atoms with Crippen molar-refractivity contribution >= 4 is 5.96 Å². The van der Waals surface area contributed by atoms with Gasteiger partial charge in [-0.2, -0.15) is 0 Å². The molecule has 4 nitrogen and oxygen atoms in total. The first kappa shape index (κ1) is 16.6. The predicted molar refractivity (Wildman–Crippen MR) is 88.7 cm³/mol. The Morgan fingerprint density at radius 3 is 2.62 bits per heavy atom. The van der Waals surface area contributed by atoms with Gasteiger partial charge in [0.25, 0.3) is 0 Å². The van der Waals surface area contributed by atoms with E-state index < -0.39 is 0 Å². The zero-order chi connectivity index (χ0) is 15.1. The summed E-state index contributed by atoms with van der Waals surface area (Å²) in [5.74, 6) is 1.85. The fraction of sp³-hybridized carbons (Fsp3) is 0.941. The van der Waals surface area contributed by atoms with Crippen LogP contribution in [-0.2, 0) is 4.74 Å². The van der Waals surface area contributed by atoms with Crippen molar-refractivity contribution in [3.05, 3.63) is 0 Å². The van der Waals surface area contributed by atoms with E-state index in [-0.39, 0.29) is 0 Å². The molecule has 2 fully saturated rings. The second kappa shape index (κ2) is 8.02. The summed E-state index contributed by atoms with van der Waals surface area (Å²) in [6.07, 6.45) is 9.49.